The number of amides is 3. The van der Waals surface area contributed by atoms with E-state index in [2.05, 4.69) is 83.6 Å². The number of likely N-dealkylation sites (N-methyl/N-ethyl adjacent to an activating group) is 1. The number of benzene rings is 2. The molecule has 5 rings (SSSR count). The van der Waals surface area contributed by atoms with E-state index in [0.717, 1.165) is 59.9 Å². The Balaban J connectivity index is 1.31. The largest absolute Gasteiger partial charge is 0.369 e. The molecule has 0 atom stereocenters. The minimum Gasteiger partial charge on any atom is -0.369 e. The number of aromatic nitrogens is 2. The maximum absolute atomic E-state index is 13.8. The van der Waals surface area contributed by atoms with Gasteiger partial charge in [0.25, 0.3) is 5.91 Å². The van der Waals surface area contributed by atoms with Crippen molar-refractivity contribution in [2.75, 3.05) is 48.8 Å². The first-order valence-corrected chi connectivity index (χ1v) is 14.6. The molecule has 1 aromatic heterocycles. The SMILES string of the molecule is CC(C)c1cccc(C(C)C)c1NC(=O)N1Cc2c(NC(=O)c3ccc(N4CCN(C)CC4)cc3)n[nH]c2C1(C)C. The third-order valence-electron chi connectivity index (χ3n) is 8.55. The van der Waals surface area contributed by atoms with Crippen molar-refractivity contribution < 1.29 is 9.59 Å². The third-order valence-corrected chi connectivity index (χ3v) is 8.55. The highest BCUT2D eigenvalue weighted by Crippen LogP contribution is 2.41. The summed E-state index contributed by atoms with van der Waals surface area (Å²) in [5, 5.41) is 13.7. The van der Waals surface area contributed by atoms with Crippen LogP contribution in [0, 0.1) is 0 Å². The lowest BCUT2D eigenvalue weighted by molar-refractivity contribution is 0.102. The quantitative estimate of drug-likeness (QED) is 0.348. The molecule has 1 fully saturated rings. The van der Waals surface area contributed by atoms with Crippen molar-refractivity contribution in [3.63, 3.8) is 0 Å². The Morgan fingerprint density at radius 2 is 1.51 bits per heavy atom. The van der Waals surface area contributed by atoms with E-state index in [9.17, 15) is 9.59 Å². The molecule has 3 amide bonds. The first-order valence-electron chi connectivity index (χ1n) is 14.6. The molecule has 0 spiro atoms. The van der Waals surface area contributed by atoms with Gasteiger partial charge >= 0.3 is 6.03 Å². The second-order valence-corrected chi connectivity index (χ2v) is 12.4. The van der Waals surface area contributed by atoms with Gasteiger partial charge in [-0.05, 0) is 68.1 Å². The van der Waals surface area contributed by atoms with Crippen LogP contribution in [0.4, 0.5) is 22.0 Å². The van der Waals surface area contributed by atoms with Gasteiger partial charge in [-0.15, -0.1) is 0 Å². The minimum absolute atomic E-state index is 0.175. The van der Waals surface area contributed by atoms with Gasteiger partial charge in [0.15, 0.2) is 5.82 Å². The Bertz CT molecular complexity index is 1390. The smallest absolute Gasteiger partial charge is 0.322 e. The van der Waals surface area contributed by atoms with Gasteiger partial charge in [0, 0.05) is 48.7 Å². The topological polar surface area (TPSA) is 96.6 Å². The van der Waals surface area contributed by atoms with Crippen LogP contribution in [-0.4, -0.2) is 65.2 Å². The van der Waals surface area contributed by atoms with Crippen LogP contribution in [-0.2, 0) is 12.1 Å². The fourth-order valence-corrected chi connectivity index (χ4v) is 5.88. The summed E-state index contributed by atoms with van der Waals surface area (Å²) >= 11 is 0. The number of para-hydroxylation sites is 1. The summed E-state index contributed by atoms with van der Waals surface area (Å²) in [6.07, 6.45) is 0. The fourth-order valence-electron chi connectivity index (χ4n) is 5.88. The van der Waals surface area contributed by atoms with Crippen LogP contribution in [0.3, 0.4) is 0 Å². The number of H-pyrrole nitrogens is 1. The standard InChI is InChI=1S/C32H43N7O2/c1-20(2)24-9-8-10-25(21(3)4)27(24)33-31(41)39-19-26-28(32(39,5)6)35-36-29(26)34-30(40)22-11-13-23(14-12-22)38-17-15-37(7)16-18-38/h8-14,20-21H,15-19H2,1-7H3,(H,33,41)(H2,34,35,36,40). The first kappa shape index (κ1) is 28.7. The fraction of sp³-hybridized carbons (Fsp3) is 0.469. The predicted octanol–water partition coefficient (Wildman–Crippen LogP) is 5.94. The molecule has 3 heterocycles. The van der Waals surface area contributed by atoms with Gasteiger partial charge in [-0.2, -0.15) is 5.10 Å². The number of hydrogen-bond acceptors (Lipinski definition) is 5. The molecular formula is C32H43N7O2. The van der Waals surface area contributed by atoms with Crippen molar-refractivity contribution in [1.29, 1.82) is 0 Å². The van der Waals surface area contributed by atoms with Crippen molar-refractivity contribution in [2.45, 2.75) is 65.5 Å². The Kier molecular flexibility index (Phi) is 7.83. The van der Waals surface area contributed by atoms with Gasteiger partial charge < -0.3 is 25.3 Å². The molecule has 0 aliphatic carbocycles. The van der Waals surface area contributed by atoms with Gasteiger partial charge in [0.1, 0.15) is 0 Å². The highest BCUT2D eigenvalue weighted by molar-refractivity contribution is 6.04. The van der Waals surface area contributed by atoms with Crippen molar-refractivity contribution in [2.24, 2.45) is 0 Å². The van der Waals surface area contributed by atoms with Crippen LogP contribution in [0.15, 0.2) is 42.5 Å². The number of hydrogen-bond donors (Lipinski definition) is 3. The van der Waals surface area contributed by atoms with E-state index in [0.29, 0.717) is 17.9 Å². The predicted molar refractivity (Wildman–Crippen MR) is 165 cm³/mol. The number of nitrogens with one attached hydrogen (secondary N) is 3. The van der Waals surface area contributed by atoms with Gasteiger partial charge in [0.05, 0.1) is 17.8 Å². The zero-order valence-electron chi connectivity index (χ0n) is 25.3. The number of rotatable bonds is 6. The van der Waals surface area contributed by atoms with Crippen LogP contribution >= 0.6 is 0 Å². The number of nitrogens with zero attached hydrogens (tertiary/aromatic N) is 4. The van der Waals surface area contributed by atoms with Crippen LogP contribution in [0.25, 0.3) is 0 Å². The molecule has 2 aromatic carbocycles. The summed E-state index contributed by atoms with van der Waals surface area (Å²) in [5.74, 6) is 0.772. The first-order chi connectivity index (χ1) is 19.5. The van der Waals surface area contributed by atoms with E-state index in [4.69, 9.17) is 0 Å². The Morgan fingerprint density at radius 3 is 2.10 bits per heavy atom. The molecule has 0 bridgehead atoms. The van der Waals surface area contributed by atoms with E-state index in [1.165, 1.54) is 0 Å². The molecule has 1 saturated heterocycles. The zero-order chi connectivity index (χ0) is 29.5. The summed E-state index contributed by atoms with van der Waals surface area (Å²) in [6, 6.07) is 13.8. The molecule has 0 radical (unpaired) electrons. The van der Waals surface area contributed by atoms with Crippen LogP contribution in [0.1, 0.15) is 86.1 Å². The Morgan fingerprint density at radius 1 is 0.902 bits per heavy atom. The number of fused-ring (bicyclic) bond motifs is 1. The van der Waals surface area contributed by atoms with Gasteiger partial charge in [-0.25, -0.2) is 4.79 Å². The second-order valence-electron chi connectivity index (χ2n) is 12.4. The summed E-state index contributed by atoms with van der Waals surface area (Å²) in [5.41, 5.74) is 5.84. The lowest BCUT2D eigenvalue weighted by Crippen LogP contribution is -2.44. The average Bonchev–Trinajstić information content (AvgIpc) is 3.46. The molecule has 41 heavy (non-hydrogen) atoms. The molecule has 9 nitrogen and oxygen atoms in total. The number of urea groups is 1. The number of aromatic amines is 1. The molecule has 0 unspecified atom stereocenters. The van der Waals surface area contributed by atoms with Gasteiger partial charge in [-0.1, -0.05) is 45.9 Å². The van der Waals surface area contributed by atoms with Gasteiger partial charge in [-0.3, -0.25) is 9.89 Å². The lowest BCUT2D eigenvalue weighted by Gasteiger charge is -2.34. The molecule has 0 saturated carbocycles. The summed E-state index contributed by atoms with van der Waals surface area (Å²) in [4.78, 5) is 33.4. The highest BCUT2D eigenvalue weighted by Gasteiger charge is 2.44. The Labute approximate surface area is 243 Å². The van der Waals surface area contributed by atoms with Crippen molar-refractivity contribution in [1.82, 2.24) is 20.0 Å². The molecule has 3 aromatic rings. The van der Waals surface area contributed by atoms with Gasteiger partial charge in [0.2, 0.25) is 0 Å². The second kappa shape index (κ2) is 11.2. The van der Waals surface area contributed by atoms with E-state index < -0.39 is 5.54 Å². The van der Waals surface area contributed by atoms with Crippen molar-refractivity contribution in [3.8, 4) is 0 Å². The van der Waals surface area contributed by atoms with E-state index >= 15 is 0 Å². The maximum Gasteiger partial charge on any atom is 0.322 e. The molecule has 218 valence electrons. The maximum atomic E-state index is 13.8. The zero-order valence-corrected chi connectivity index (χ0v) is 25.3. The number of piperazine rings is 1. The van der Waals surface area contributed by atoms with Crippen molar-refractivity contribution >= 4 is 29.1 Å². The molecule has 3 N–H and O–H groups in total. The normalized spacial score (nSPS) is 16.8. The summed E-state index contributed by atoms with van der Waals surface area (Å²) in [6.45, 7) is 16.9. The average molecular weight is 558 g/mol. The van der Waals surface area contributed by atoms with E-state index in [1.54, 1.807) is 4.90 Å². The molecular weight excluding hydrogens is 514 g/mol. The van der Waals surface area contributed by atoms with Crippen LogP contribution < -0.4 is 15.5 Å². The van der Waals surface area contributed by atoms with Crippen molar-refractivity contribution in [3.05, 3.63) is 70.4 Å². The van der Waals surface area contributed by atoms with E-state index in [1.807, 2.05) is 38.1 Å². The molecule has 2 aliphatic heterocycles. The Hall–Kier alpha value is -3.85. The monoisotopic (exact) mass is 557 g/mol. The summed E-state index contributed by atoms with van der Waals surface area (Å²) < 4.78 is 0. The lowest BCUT2D eigenvalue weighted by atomic mass is 9.92. The highest BCUT2D eigenvalue weighted by atomic mass is 16.2. The molecule has 9 heteroatoms. The third kappa shape index (κ3) is 5.55. The number of carbonyl (C=O) groups excluding carboxylic acids is 2. The van der Waals surface area contributed by atoms with Crippen LogP contribution in [0.5, 0.6) is 0 Å². The van der Waals surface area contributed by atoms with Crippen LogP contribution in [0.2, 0.25) is 0 Å². The number of carbonyl (C=O) groups is 2. The minimum atomic E-state index is -0.635. The van der Waals surface area contributed by atoms with E-state index in [-0.39, 0.29) is 23.8 Å². The summed E-state index contributed by atoms with van der Waals surface area (Å²) in [7, 11) is 2.14. The molecule has 2 aliphatic rings. The number of anilines is 3.